The van der Waals surface area contributed by atoms with Gasteiger partial charge in [0.1, 0.15) is 10.8 Å². The number of thiazole rings is 1. The van der Waals surface area contributed by atoms with Crippen molar-refractivity contribution in [2.75, 3.05) is 13.7 Å². The molecule has 0 saturated carbocycles. The quantitative estimate of drug-likeness (QED) is 0.438. The lowest BCUT2D eigenvalue weighted by Crippen LogP contribution is -2.30. The second-order valence-corrected chi connectivity index (χ2v) is 8.37. The number of benzene rings is 1. The number of amides is 1. The van der Waals surface area contributed by atoms with E-state index in [1.54, 1.807) is 47.8 Å². The number of nitrogens with one attached hydrogen (secondary N) is 1. The molecule has 0 saturated heterocycles. The maximum atomic E-state index is 13.3. The second-order valence-electron chi connectivity index (χ2n) is 7.51. The molecule has 9 heteroatoms. The number of pyridine rings is 1. The molecule has 0 aliphatic carbocycles. The Morgan fingerprint density at radius 1 is 1.34 bits per heavy atom. The maximum Gasteiger partial charge on any atom is 0.254 e. The third-order valence-corrected chi connectivity index (χ3v) is 6.47. The smallest absolute Gasteiger partial charge is 0.254 e. The Kier molecular flexibility index (Phi) is 6.20. The minimum atomic E-state index is -0.275. The number of hydrogen-bond donors (Lipinski definition) is 2. The van der Waals surface area contributed by atoms with E-state index in [-0.39, 0.29) is 18.6 Å². The van der Waals surface area contributed by atoms with Gasteiger partial charge in [0.2, 0.25) is 0 Å². The van der Waals surface area contributed by atoms with E-state index in [2.05, 4.69) is 20.2 Å². The average molecular weight is 452 g/mol. The van der Waals surface area contributed by atoms with Gasteiger partial charge in [0, 0.05) is 40.8 Å². The predicted molar refractivity (Wildman–Crippen MR) is 124 cm³/mol. The van der Waals surface area contributed by atoms with Crippen LogP contribution in [0.15, 0.2) is 36.0 Å². The van der Waals surface area contributed by atoms with Crippen LogP contribution in [-0.4, -0.2) is 49.7 Å². The van der Waals surface area contributed by atoms with Crippen LogP contribution in [0.4, 0.5) is 0 Å². The van der Waals surface area contributed by atoms with Crippen molar-refractivity contribution in [3.05, 3.63) is 58.5 Å². The van der Waals surface area contributed by atoms with Gasteiger partial charge in [-0.15, -0.1) is 11.3 Å². The number of nitrogens with zero attached hydrogens (tertiary/aromatic N) is 4. The fraction of sp³-hybridized carbons (Fsp3) is 0.304. The van der Waals surface area contributed by atoms with Crippen molar-refractivity contribution in [3.63, 3.8) is 0 Å². The highest BCUT2D eigenvalue weighted by molar-refractivity contribution is 7.13. The summed E-state index contributed by atoms with van der Waals surface area (Å²) in [6.45, 7) is 6.11. The molecule has 0 unspecified atom stereocenters. The van der Waals surface area contributed by atoms with Gasteiger partial charge in [-0.2, -0.15) is 5.10 Å². The summed E-state index contributed by atoms with van der Waals surface area (Å²) in [5, 5.41) is 20.2. The Hall–Kier alpha value is -3.30. The molecule has 0 aliphatic rings. The van der Waals surface area contributed by atoms with Crippen LogP contribution in [0.1, 0.15) is 47.2 Å². The van der Waals surface area contributed by atoms with E-state index >= 15 is 0 Å². The zero-order chi connectivity index (χ0) is 22.8. The zero-order valence-electron chi connectivity index (χ0n) is 18.4. The van der Waals surface area contributed by atoms with Crippen LogP contribution < -0.4 is 4.74 Å². The zero-order valence-corrected chi connectivity index (χ0v) is 19.2. The molecule has 32 heavy (non-hydrogen) atoms. The minimum Gasteiger partial charge on any atom is -0.493 e. The summed E-state index contributed by atoms with van der Waals surface area (Å²) >= 11 is 1.55. The number of H-pyrrole nitrogens is 1. The van der Waals surface area contributed by atoms with Gasteiger partial charge in [-0.25, -0.2) is 4.98 Å². The third-order valence-electron chi connectivity index (χ3n) is 5.48. The van der Waals surface area contributed by atoms with E-state index in [9.17, 15) is 9.90 Å². The Labute approximate surface area is 189 Å². The summed E-state index contributed by atoms with van der Waals surface area (Å²) in [5.41, 5.74) is 4.49. The van der Waals surface area contributed by atoms with E-state index in [1.807, 2.05) is 32.2 Å². The minimum absolute atomic E-state index is 0.140. The van der Waals surface area contributed by atoms with Crippen molar-refractivity contribution in [3.8, 4) is 16.3 Å². The summed E-state index contributed by atoms with van der Waals surface area (Å²) < 4.78 is 5.84. The van der Waals surface area contributed by atoms with Gasteiger partial charge in [0.25, 0.3) is 5.91 Å². The fourth-order valence-electron chi connectivity index (χ4n) is 3.62. The van der Waals surface area contributed by atoms with Crippen LogP contribution in [-0.2, 0) is 6.61 Å². The Bertz CT molecular complexity index is 1270. The number of ether oxygens (including phenoxy) is 1. The summed E-state index contributed by atoms with van der Waals surface area (Å²) in [7, 11) is 1.76. The summed E-state index contributed by atoms with van der Waals surface area (Å²) in [4.78, 5) is 23.9. The first-order chi connectivity index (χ1) is 15.4. The monoisotopic (exact) mass is 451 g/mol. The molecular weight excluding hydrogens is 426 g/mol. The summed E-state index contributed by atoms with van der Waals surface area (Å²) in [6, 6.07) is 5.20. The number of fused-ring (bicyclic) bond motifs is 1. The van der Waals surface area contributed by atoms with Crippen LogP contribution in [0.2, 0.25) is 0 Å². The molecule has 0 fully saturated rings. The Morgan fingerprint density at radius 2 is 2.16 bits per heavy atom. The van der Waals surface area contributed by atoms with Crippen LogP contribution in [0.25, 0.3) is 21.5 Å². The second kappa shape index (κ2) is 9.05. The summed E-state index contributed by atoms with van der Waals surface area (Å²) in [5.74, 6) is 0.498. The molecule has 1 aromatic carbocycles. The van der Waals surface area contributed by atoms with Gasteiger partial charge < -0.3 is 14.7 Å². The number of aromatic nitrogens is 4. The highest BCUT2D eigenvalue weighted by atomic mass is 32.1. The van der Waals surface area contributed by atoms with Gasteiger partial charge in [-0.1, -0.05) is 0 Å². The van der Waals surface area contributed by atoms with Gasteiger partial charge in [0.15, 0.2) is 0 Å². The number of aryl methyl sites for hydroxylation is 1. The van der Waals surface area contributed by atoms with E-state index in [0.29, 0.717) is 23.6 Å². The van der Waals surface area contributed by atoms with E-state index < -0.39 is 0 Å². The highest BCUT2D eigenvalue weighted by Crippen LogP contribution is 2.34. The van der Waals surface area contributed by atoms with Crippen LogP contribution in [0.3, 0.4) is 0 Å². The predicted octanol–water partition coefficient (Wildman–Crippen LogP) is 4.11. The third kappa shape index (κ3) is 3.96. The van der Waals surface area contributed by atoms with Crippen LogP contribution in [0, 0.1) is 6.92 Å². The summed E-state index contributed by atoms with van der Waals surface area (Å²) in [6.07, 6.45) is 3.32. The largest absolute Gasteiger partial charge is 0.493 e. The Morgan fingerprint density at radius 3 is 2.84 bits per heavy atom. The molecule has 1 atom stereocenters. The van der Waals surface area contributed by atoms with Gasteiger partial charge in [0.05, 0.1) is 42.2 Å². The SMILES string of the molecule is CCOc1cc(C(=O)N(C)[C@@H](C)c2cnc(CO)c3cn[nH]c23)ccc1-c1nc(C)cs1. The topological polar surface area (TPSA) is 104 Å². The first-order valence-electron chi connectivity index (χ1n) is 10.3. The lowest BCUT2D eigenvalue weighted by Gasteiger charge is -2.26. The van der Waals surface area contributed by atoms with Crippen molar-refractivity contribution in [2.45, 2.75) is 33.4 Å². The molecule has 4 rings (SSSR count). The molecule has 4 aromatic rings. The molecule has 2 N–H and O–H groups in total. The number of carbonyl (C=O) groups excluding carboxylic acids is 1. The van der Waals surface area contributed by atoms with Crippen LogP contribution >= 0.6 is 11.3 Å². The Balaban J connectivity index is 1.65. The van der Waals surface area contributed by atoms with Gasteiger partial charge in [-0.05, 0) is 39.0 Å². The van der Waals surface area contributed by atoms with Crippen molar-refractivity contribution in [1.29, 1.82) is 0 Å². The van der Waals surface area contributed by atoms with Gasteiger partial charge >= 0.3 is 0 Å². The maximum absolute atomic E-state index is 13.3. The number of hydrogen-bond acceptors (Lipinski definition) is 7. The molecule has 166 valence electrons. The lowest BCUT2D eigenvalue weighted by atomic mass is 10.0. The normalized spacial score (nSPS) is 12.2. The molecule has 0 aliphatic heterocycles. The van der Waals surface area contributed by atoms with Crippen molar-refractivity contribution in [2.24, 2.45) is 0 Å². The molecular formula is C23H25N5O3S. The van der Waals surface area contributed by atoms with E-state index in [0.717, 1.165) is 32.7 Å². The number of carbonyl (C=O) groups is 1. The van der Waals surface area contributed by atoms with E-state index in [4.69, 9.17) is 4.74 Å². The molecule has 0 bridgehead atoms. The van der Waals surface area contributed by atoms with Crippen molar-refractivity contribution < 1.29 is 14.6 Å². The number of aliphatic hydroxyl groups is 1. The standard InChI is InChI=1S/C23H25N5O3S/c1-5-31-20-8-15(6-7-16(20)22-26-13(2)12-32-22)23(30)28(4)14(3)17-9-24-19(11-29)18-10-25-27-21(17)18/h6-10,12,14,29H,5,11H2,1-4H3,(H,25,27)/t14-/m0/s1. The molecule has 1 amide bonds. The molecule has 0 radical (unpaired) electrons. The fourth-order valence-corrected chi connectivity index (χ4v) is 4.45. The first-order valence-corrected chi connectivity index (χ1v) is 11.2. The highest BCUT2D eigenvalue weighted by Gasteiger charge is 2.24. The first kappa shape index (κ1) is 21.9. The van der Waals surface area contributed by atoms with Crippen LogP contribution in [0.5, 0.6) is 5.75 Å². The molecule has 0 spiro atoms. The lowest BCUT2D eigenvalue weighted by molar-refractivity contribution is 0.0743. The number of aromatic amines is 1. The van der Waals surface area contributed by atoms with Crippen molar-refractivity contribution in [1.82, 2.24) is 25.1 Å². The number of rotatable bonds is 7. The molecule has 3 aromatic heterocycles. The average Bonchev–Trinajstić information content (AvgIpc) is 3.46. The van der Waals surface area contributed by atoms with Crippen molar-refractivity contribution >= 4 is 28.1 Å². The molecule has 3 heterocycles. The van der Waals surface area contributed by atoms with E-state index in [1.165, 1.54) is 0 Å². The van der Waals surface area contributed by atoms with Gasteiger partial charge in [-0.3, -0.25) is 14.9 Å². The number of aliphatic hydroxyl groups excluding tert-OH is 1. The molecule has 8 nitrogen and oxygen atoms in total.